The lowest BCUT2D eigenvalue weighted by Crippen LogP contribution is -2.15. The molecule has 0 saturated carbocycles. The molecule has 0 fully saturated rings. The van der Waals surface area contributed by atoms with Crippen molar-refractivity contribution in [2.24, 2.45) is 5.84 Å². The van der Waals surface area contributed by atoms with Crippen molar-refractivity contribution in [3.8, 4) is 0 Å². The molecule has 12 heteroatoms. The van der Waals surface area contributed by atoms with Crippen molar-refractivity contribution < 1.29 is 8.42 Å². The van der Waals surface area contributed by atoms with Crippen molar-refractivity contribution in [2.75, 3.05) is 10.1 Å². The summed E-state index contributed by atoms with van der Waals surface area (Å²) in [7, 11) is -3.78. The highest BCUT2D eigenvalue weighted by atomic mass is 32.2. The van der Waals surface area contributed by atoms with E-state index in [-0.39, 0.29) is 16.0 Å². The molecule has 0 radical (unpaired) electrons. The van der Waals surface area contributed by atoms with Gasteiger partial charge in [0.1, 0.15) is 4.90 Å². The summed E-state index contributed by atoms with van der Waals surface area (Å²) in [6.45, 7) is 0. The minimum Gasteiger partial charge on any atom is -0.292 e. The maximum Gasteiger partial charge on any atom is 0.266 e. The molecule has 2 rings (SSSR count). The maximum atomic E-state index is 11.8. The second-order valence-electron chi connectivity index (χ2n) is 2.66. The molecule has 2 heterocycles. The van der Waals surface area contributed by atoms with Crippen LogP contribution in [0.25, 0.3) is 0 Å². The molecule has 0 atom stereocenters. The molecular formula is C5H6N8O2S2. The molecule has 0 aromatic carbocycles. The molecule has 0 unspecified atom stereocenters. The topological polar surface area (TPSA) is 149 Å². The second-order valence-corrected chi connectivity index (χ2v) is 5.07. The Balaban J connectivity index is 2.25. The Labute approximate surface area is 99.5 Å². The predicted molar refractivity (Wildman–Crippen MR) is 58.4 cm³/mol. The Morgan fingerprint density at radius 3 is 2.53 bits per heavy atom. The molecule has 4 N–H and O–H groups in total. The van der Waals surface area contributed by atoms with Gasteiger partial charge in [-0.05, 0) is 5.21 Å². The third-order valence-electron chi connectivity index (χ3n) is 1.59. The molecule has 0 spiro atoms. The number of hydrogen-bond acceptors (Lipinski definition) is 10. The largest absolute Gasteiger partial charge is 0.292 e. The summed E-state index contributed by atoms with van der Waals surface area (Å²) in [6, 6.07) is 0. The van der Waals surface area contributed by atoms with E-state index in [4.69, 9.17) is 5.84 Å². The number of sulfonamides is 1. The lowest BCUT2D eigenvalue weighted by Gasteiger charge is -2.03. The number of anilines is 2. The van der Waals surface area contributed by atoms with E-state index >= 15 is 0 Å². The third kappa shape index (κ3) is 2.61. The molecule has 2 aromatic heterocycles. The summed E-state index contributed by atoms with van der Waals surface area (Å²) in [5.74, 6) is 5.17. The number of nitrogens with one attached hydrogen (secondary N) is 2. The molecule has 0 amide bonds. The van der Waals surface area contributed by atoms with Gasteiger partial charge in [-0.25, -0.2) is 24.2 Å². The first kappa shape index (κ1) is 11.6. The lowest BCUT2D eigenvalue weighted by molar-refractivity contribution is 0.600. The zero-order valence-electron chi connectivity index (χ0n) is 8.10. The smallest absolute Gasteiger partial charge is 0.266 e. The van der Waals surface area contributed by atoms with Gasteiger partial charge in [-0.2, -0.15) is 0 Å². The Morgan fingerprint density at radius 2 is 2.00 bits per heavy atom. The fourth-order valence-corrected chi connectivity index (χ4v) is 2.35. The fraction of sp³-hybridized carbons (Fsp3) is 0. The Bertz CT molecular complexity index is 579. The first-order valence-corrected chi connectivity index (χ1v) is 6.34. The highest BCUT2D eigenvalue weighted by Gasteiger charge is 2.17. The highest BCUT2D eigenvalue weighted by Crippen LogP contribution is 2.14. The van der Waals surface area contributed by atoms with E-state index in [1.54, 1.807) is 0 Å². The summed E-state index contributed by atoms with van der Waals surface area (Å²) in [5.41, 5.74) is 2.18. The van der Waals surface area contributed by atoms with Crippen LogP contribution in [-0.4, -0.2) is 33.2 Å². The Morgan fingerprint density at radius 1 is 1.29 bits per heavy atom. The standard InChI is InChI=1S/C5H6N8O2S2/c6-9-4-7-1-3(2-8-4)17(14,15)11-5-10-12-13-16-5/h1-2H,6H2,(H,7,8,9)(H,10,11,13). The molecular weight excluding hydrogens is 268 g/mol. The van der Waals surface area contributed by atoms with Gasteiger partial charge in [0, 0.05) is 11.5 Å². The number of nitrogen functional groups attached to an aromatic ring is 1. The van der Waals surface area contributed by atoms with E-state index in [1.165, 1.54) is 0 Å². The molecule has 0 aliphatic rings. The van der Waals surface area contributed by atoms with Gasteiger partial charge < -0.3 is 0 Å². The summed E-state index contributed by atoms with van der Waals surface area (Å²) in [5, 5.41) is 6.78. The lowest BCUT2D eigenvalue weighted by atomic mass is 10.7. The summed E-state index contributed by atoms with van der Waals surface area (Å²) < 4.78 is 29.1. The average molecular weight is 274 g/mol. The first-order chi connectivity index (χ1) is 8.12. The van der Waals surface area contributed by atoms with Crippen molar-refractivity contribution >= 4 is 32.6 Å². The van der Waals surface area contributed by atoms with Gasteiger partial charge in [-0.15, -0.1) is 0 Å². The van der Waals surface area contributed by atoms with Gasteiger partial charge in [-0.3, -0.25) is 10.1 Å². The maximum absolute atomic E-state index is 11.8. The number of rotatable bonds is 4. The SMILES string of the molecule is NNc1ncc(S(=O)(=O)Nc2nnns2)cn1. The summed E-state index contributed by atoms with van der Waals surface area (Å²) in [6.07, 6.45) is 2.22. The van der Waals surface area contributed by atoms with Crippen molar-refractivity contribution in [2.45, 2.75) is 4.90 Å². The number of nitrogens with zero attached hydrogens (tertiary/aromatic N) is 5. The van der Waals surface area contributed by atoms with Gasteiger partial charge in [0.2, 0.25) is 11.1 Å². The van der Waals surface area contributed by atoms with Crippen LogP contribution in [0.4, 0.5) is 11.1 Å². The summed E-state index contributed by atoms with van der Waals surface area (Å²) >= 11 is 0.816. The highest BCUT2D eigenvalue weighted by molar-refractivity contribution is 7.92. The van der Waals surface area contributed by atoms with Crippen molar-refractivity contribution in [1.82, 2.24) is 24.8 Å². The monoisotopic (exact) mass is 274 g/mol. The van der Waals surface area contributed by atoms with Crippen LogP contribution in [0.15, 0.2) is 17.3 Å². The molecule has 2 aromatic rings. The fourth-order valence-electron chi connectivity index (χ4n) is 0.876. The number of aromatic nitrogens is 5. The van der Waals surface area contributed by atoms with Crippen LogP contribution >= 0.6 is 11.5 Å². The van der Waals surface area contributed by atoms with Crippen LogP contribution in [0.5, 0.6) is 0 Å². The molecule has 10 nitrogen and oxygen atoms in total. The second kappa shape index (κ2) is 4.52. The van der Waals surface area contributed by atoms with E-state index in [1.807, 2.05) is 0 Å². The van der Waals surface area contributed by atoms with Gasteiger partial charge in [0.05, 0.1) is 12.4 Å². The molecule has 17 heavy (non-hydrogen) atoms. The van der Waals surface area contributed by atoms with Gasteiger partial charge in [-0.1, -0.05) is 9.59 Å². The van der Waals surface area contributed by atoms with Gasteiger partial charge in [0.15, 0.2) is 0 Å². The van der Waals surface area contributed by atoms with E-state index in [9.17, 15) is 8.42 Å². The summed E-state index contributed by atoms with van der Waals surface area (Å²) in [4.78, 5) is 7.24. The van der Waals surface area contributed by atoms with Crippen molar-refractivity contribution in [3.63, 3.8) is 0 Å². The van der Waals surface area contributed by atoms with Crippen LogP contribution in [0.3, 0.4) is 0 Å². The van der Waals surface area contributed by atoms with Crippen LogP contribution in [0.1, 0.15) is 0 Å². The van der Waals surface area contributed by atoms with Gasteiger partial charge >= 0.3 is 0 Å². The van der Waals surface area contributed by atoms with Crippen LogP contribution < -0.4 is 16.0 Å². The molecule has 0 saturated heterocycles. The number of hydrazine groups is 1. The molecule has 0 bridgehead atoms. The number of nitrogens with two attached hydrogens (primary N) is 1. The van der Waals surface area contributed by atoms with Crippen molar-refractivity contribution in [3.05, 3.63) is 12.4 Å². The zero-order chi connectivity index (χ0) is 12.3. The van der Waals surface area contributed by atoms with Crippen LogP contribution in [-0.2, 0) is 10.0 Å². The first-order valence-electron chi connectivity index (χ1n) is 4.08. The van der Waals surface area contributed by atoms with E-state index in [2.05, 4.69) is 34.9 Å². The van der Waals surface area contributed by atoms with Crippen LogP contribution in [0, 0.1) is 0 Å². The van der Waals surface area contributed by atoms with E-state index in [0.717, 1.165) is 23.9 Å². The Hall–Kier alpha value is -1.92. The minimum atomic E-state index is -3.78. The minimum absolute atomic E-state index is 0.0611. The average Bonchev–Trinajstić information content (AvgIpc) is 2.81. The normalized spacial score (nSPS) is 11.1. The van der Waals surface area contributed by atoms with E-state index < -0.39 is 10.0 Å². The predicted octanol–water partition coefficient (Wildman–Crippen LogP) is -1.19. The zero-order valence-corrected chi connectivity index (χ0v) is 9.73. The number of hydrogen-bond donors (Lipinski definition) is 3. The van der Waals surface area contributed by atoms with Crippen molar-refractivity contribution in [1.29, 1.82) is 0 Å². The van der Waals surface area contributed by atoms with Crippen LogP contribution in [0.2, 0.25) is 0 Å². The molecule has 0 aliphatic heterocycles. The molecule has 0 aliphatic carbocycles. The van der Waals surface area contributed by atoms with Gasteiger partial charge in [0.25, 0.3) is 10.0 Å². The quantitative estimate of drug-likeness (QED) is 0.462. The third-order valence-corrected chi connectivity index (χ3v) is 3.52. The van der Waals surface area contributed by atoms with E-state index in [0.29, 0.717) is 0 Å². The Kier molecular flexibility index (Phi) is 3.08. The molecule has 90 valence electrons.